The number of benzene rings is 2. The average Bonchev–Trinajstić information content (AvgIpc) is 3.00. The maximum absolute atomic E-state index is 2.77. The van der Waals surface area contributed by atoms with E-state index < -0.39 is 23.5 Å². The van der Waals surface area contributed by atoms with E-state index in [0.717, 1.165) is 0 Å². The van der Waals surface area contributed by atoms with E-state index in [4.69, 9.17) is 0 Å². The van der Waals surface area contributed by atoms with E-state index in [-0.39, 0.29) is 0 Å². The summed E-state index contributed by atoms with van der Waals surface area (Å²) < 4.78 is 5.34. The van der Waals surface area contributed by atoms with Gasteiger partial charge in [-0.2, -0.15) is 0 Å². The fourth-order valence-electron chi connectivity index (χ4n) is 4.03. The molecule has 0 saturated carbocycles. The van der Waals surface area contributed by atoms with E-state index in [1.54, 1.807) is 0 Å². The number of hydrogen-bond donors (Lipinski definition) is 0. The van der Waals surface area contributed by atoms with Crippen molar-refractivity contribution in [2.45, 2.75) is 39.7 Å². The van der Waals surface area contributed by atoms with Crippen LogP contribution < -0.4 is 5.44 Å². The Kier molecular flexibility index (Phi) is 4.83. The fraction of sp³-hybridized carbons (Fsp3) is 0.261. The Hall–Kier alpha value is -1.74. The summed E-state index contributed by atoms with van der Waals surface area (Å²) in [4.78, 5) is 0. The molecule has 3 heteroatoms. The molecule has 1 aliphatic heterocycles. The van der Waals surface area contributed by atoms with Crippen LogP contribution in [0.25, 0.3) is 0 Å². The van der Waals surface area contributed by atoms with Crippen LogP contribution in [0.15, 0.2) is 66.9 Å². The monoisotopic (exact) mass is 509 g/mol. The molecule has 1 atom stereocenters. The van der Waals surface area contributed by atoms with Gasteiger partial charge in [0.05, 0.1) is 0 Å². The van der Waals surface area contributed by atoms with E-state index in [9.17, 15) is 0 Å². The second kappa shape index (κ2) is 7.11. The Balaban J connectivity index is 1.94. The van der Waals surface area contributed by atoms with Crippen molar-refractivity contribution in [3.05, 3.63) is 94.8 Å². The molecule has 130 valence electrons. The minimum absolute atomic E-state index is 0.331. The van der Waals surface area contributed by atoms with Gasteiger partial charge in [0.25, 0.3) is 0 Å². The molecule has 1 unspecified atom stereocenters. The van der Waals surface area contributed by atoms with Crippen LogP contribution in [-0.2, 0) is 23.5 Å². The number of rotatable bonds is 3. The van der Waals surface area contributed by atoms with Gasteiger partial charge in [-0.05, 0) is 0 Å². The number of aromatic nitrogens is 1. The molecule has 0 bridgehead atoms. The Morgan fingerprint density at radius 1 is 0.885 bits per heavy atom. The number of para-hydroxylation sites is 1. The van der Waals surface area contributed by atoms with Gasteiger partial charge < -0.3 is 0 Å². The van der Waals surface area contributed by atoms with E-state index in [0.29, 0.717) is 12.0 Å². The summed E-state index contributed by atoms with van der Waals surface area (Å²) in [6.45, 7) is 9.12. The van der Waals surface area contributed by atoms with Crippen LogP contribution in [0.3, 0.4) is 0 Å². The van der Waals surface area contributed by atoms with Crippen LogP contribution >= 0.6 is 0 Å². The van der Waals surface area contributed by atoms with Crippen molar-refractivity contribution in [2.75, 3.05) is 2.89 Å². The van der Waals surface area contributed by atoms with Crippen molar-refractivity contribution in [3.63, 3.8) is 0 Å². The van der Waals surface area contributed by atoms with Crippen LogP contribution in [0.5, 0.6) is 0 Å². The van der Waals surface area contributed by atoms with Gasteiger partial charge in [0.1, 0.15) is 0 Å². The molecular weight excluding hydrogens is 483 g/mol. The summed E-state index contributed by atoms with van der Waals surface area (Å²) in [5.74, 6) is 0.525. The first-order chi connectivity index (χ1) is 12.6. The number of hydrogen-bond acceptors (Lipinski definition) is 1. The molecule has 0 N–H and O–H groups in total. The summed E-state index contributed by atoms with van der Waals surface area (Å²) in [5, 5.41) is 0. The molecular formula is C23H25HfN2+. The van der Waals surface area contributed by atoms with E-state index in [2.05, 4.69) is 100.0 Å². The molecule has 1 aromatic heterocycles. The molecule has 3 aromatic rings. The third-order valence-electron chi connectivity index (χ3n) is 5.24. The molecule has 2 nitrogen and oxygen atoms in total. The van der Waals surface area contributed by atoms with Gasteiger partial charge in [0, 0.05) is 0 Å². The van der Waals surface area contributed by atoms with Crippen molar-refractivity contribution in [1.29, 1.82) is 0 Å². The minimum atomic E-state index is -1.22. The molecule has 2 heterocycles. The van der Waals surface area contributed by atoms with Gasteiger partial charge in [0.2, 0.25) is 0 Å². The number of aryl methyl sites for hydroxylation is 2. The molecule has 0 fully saturated rings. The zero-order valence-corrected chi connectivity index (χ0v) is 19.5. The third kappa shape index (κ3) is 2.96. The summed E-state index contributed by atoms with van der Waals surface area (Å²) in [7, 11) is 0. The molecule has 0 spiro atoms. The third-order valence-corrected chi connectivity index (χ3v) is 9.98. The molecule has 0 saturated heterocycles. The van der Waals surface area contributed by atoms with Gasteiger partial charge in [-0.15, -0.1) is 0 Å². The van der Waals surface area contributed by atoms with Crippen molar-refractivity contribution in [2.24, 2.45) is 0 Å². The molecule has 0 aliphatic carbocycles. The van der Waals surface area contributed by atoms with Crippen molar-refractivity contribution < 1.29 is 26.0 Å². The van der Waals surface area contributed by atoms with Crippen molar-refractivity contribution in [1.82, 2.24) is 0 Å². The average molecular weight is 508 g/mol. The second-order valence-corrected chi connectivity index (χ2v) is 11.6. The summed E-state index contributed by atoms with van der Waals surface area (Å²) in [6, 6.07) is 22.7. The summed E-state index contributed by atoms with van der Waals surface area (Å²) in [5.41, 5.74) is 8.61. The number of pyridine rings is 1. The van der Waals surface area contributed by atoms with Crippen molar-refractivity contribution in [3.8, 4) is 0 Å². The maximum atomic E-state index is 2.77. The Bertz CT molecular complexity index is 928. The standard InChI is InChI=1S/C23H25N2.Hf/c1-16(2)19-12-5-6-13-20(19)23(21-14-7-8-15-24-21)25-22-17(3)10-9-11-18(22)4;/h5-16,23H,1-4H3;/q-1;+2. The summed E-state index contributed by atoms with van der Waals surface area (Å²) in [6.07, 6.45) is 2.29. The molecule has 4 rings (SSSR count). The molecule has 0 radical (unpaired) electrons. The molecule has 1 aliphatic rings. The second-order valence-electron chi connectivity index (χ2n) is 7.39. The Morgan fingerprint density at radius 2 is 1.58 bits per heavy atom. The van der Waals surface area contributed by atoms with Gasteiger partial charge in [-0.1, -0.05) is 0 Å². The summed E-state index contributed by atoms with van der Waals surface area (Å²) >= 11 is -1.22. The predicted molar refractivity (Wildman–Crippen MR) is 103 cm³/mol. The quantitative estimate of drug-likeness (QED) is 0.448. The van der Waals surface area contributed by atoms with Gasteiger partial charge >= 0.3 is 169 Å². The van der Waals surface area contributed by atoms with Crippen LogP contribution in [-0.4, -0.2) is 0 Å². The number of anilines is 1. The zero-order chi connectivity index (χ0) is 18.3. The number of fused-ring (bicyclic) bond motifs is 1. The van der Waals surface area contributed by atoms with Gasteiger partial charge in [-0.25, -0.2) is 0 Å². The van der Waals surface area contributed by atoms with Crippen LogP contribution in [0.2, 0.25) is 0 Å². The topological polar surface area (TPSA) is 7.12 Å². The van der Waals surface area contributed by atoms with Crippen LogP contribution in [0.1, 0.15) is 53.8 Å². The molecule has 0 amide bonds. The first kappa shape index (κ1) is 17.7. The Morgan fingerprint density at radius 3 is 2.31 bits per heavy atom. The van der Waals surface area contributed by atoms with Crippen LogP contribution in [0.4, 0.5) is 5.69 Å². The normalized spacial score (nSPS) is 15.9. The van der Waals surface area contributed by atoms with Gasteiger partial charge in [-0.3, -0.25) is 0 Å². The SMILES string of the molecule is Cc1cccc(C)c1[N]1[Hf][n+]2ccccc2C1c1ccccc1C(C)C. The Labute approximate surface area is 168 Å². The predicted octanol–water partition coefficient (Wildman–Crippen LogP) is 5.08. The number of nitrogens with zero attached hydrogens (tertiary/aromatic N) is 2. The molecule has 26 heavy (non-hydrogen) atoms. The first-order valence-corrected chi connectivity index (χ1v) is 12.5. The molecule has 2 aromatic carbocycles. The van der Waals surface area contributed by atoms with Gasteiger partial charge in [0.15, 0.2) is 0 Å². The fourth-order valence-corrected chi connectivity index (χ4v) is 9.55. The van der Waals surface area contributed by atoms with Crippen LogP contribution in [0, 0.1) is 13.8 Å². The van der Waals surface area contributed by atoms with E-state index in [1.807, 2.05) is 0 Å². The van der Waals surface area contributed by atoms with E-state index in [1.165, 1.54) is 33.6 Å². The van der Waals surface area contributed by atoms with E-state index >= 15 is 0 Å². The first-order valence-electron chi connectivity index (χ1n) is 9.29. The van der Waals surface area contributed by atoms with Crippen molar-refractivity contribution >= 4 is 5.69 Å². The zero-order valence-electron chi connectivity index (χ0n) is 15.9.